The number of nitrogens with zero attached hydrogens (tertiary/aromatic N) is 4. The SMILES string of the molecule is C=CC(=O)Nc1cc(Cc2nccc(C(=O)c3ccc(OC(C)C)cc3)n2)c(OC)cc1N(C)CCN(C)C. The van der Waals surface area contributed by atoms with Crippen LogP contribution in [0.15, 0.2) is 61.3 Å². The standard InChI is InChI=1S/C30H37N5O4/c1-8-29(36)33-25-17-22(27(38-7)19-26(25)35(6)16-15-34(4)5)18-28-31-14-13-24(32-28)30(37)21-9-11-23(12-10-21)39-20(2)3/h8-14,17,19-20H,1,15-16,18H2,2-7H3,(H,33,36). The van der Waals surface area contributed by atoms with E-state index >= 15 is 0 Å². The van der Waals surface area contributed by atoms with Crippen molar-refractivity contribution < 1.29 is 19.1 Å². The maximum absolute atomic E-state index is 13.1. The second kappa shape index (κ2) is 13.5. The number of carbonyl (C=O) groups is 2. The molecular weight excluding hydrogens is 494 g/mol. The van der Waals surface area contributed by atoms with Gasteiger partial charge < -0.3 is 24.6 Å². The lowest BCUT2D eigenvalue weighted by molar-refractivity contribution is -0.111. The van der Waals surface area contributed by atoms with Crippen molar-refractivity contribution in [2.24, 2.45) is 0 Å². The predicted molar refractivity (Wildman–Crippen MR) is 154 cm³/mol. The summed E-state index contributed by atoms with van der Waals surface area (Å²) in [7, 11) is 7.57. The summed E-state index contributed by atoms with van der Waals surface area (Å²) in [6, 6.07) is 12.3. The molecule has 0 saturated heterocycles. The molecule has 9 nitrogen and oxygen atoms in total. The molecule has 1 aromatic heterocycles. The van der Waals surface area contributed by atoms with Crippen LogP contribution in [0.2, 0.25) is 0 Å². The van der Waals surface area contributed by atoms with Crippen molar-refractivity contribution in [3.8, 4) is 11.5 Å². The lowest BCUT2D eigenvalue weighted by Gasteiger charge is -2.25. The molecule has 0 radical (unpaired) electrons. The minimum Gasteiger partial charge on any atom is -0.496 e. The number of likely N-dealkylation sites (N-methyl/N-ethyl adjacent to an activating group) is 2. The molecule has 39 heavy (non-hydrogen) atoms. The van der Waals surface area contributed by atoms with E-state index in [9.17, 15) is 9.59 Å². The highest BCUT2D eigenvalue weighted by Gasteiger charge is 2.18. The quantitative estimate of drug-likeness (QED) is 0.259. The van der Waals surface area contributed by atoms with Crippen molar-refractivity contribution in [2.45, 2.75) is 26.4 Å². The molecule has 0 aliphatic rings. The average molecular weight is 532 g/mol. The van der Waals surface area contributed by atoms with Crippen molar-refractivity contribution in [2.75, 3.05) is 51.6 Å². The summed E-state index contributed by atoms with van der Waals surface area (Å²) in [5.41, 5.74) is 2.99. The van der Waals surface area contributed by atoms with E-state index in [-0.39, 0.29) is 23.5 Å². The first-order valence-electron chi connectivity index (χ1n) is 12.7. The summed E-state index contributed by atoms with van der Waals surface area (Å²) in [6.07, 6.45) is 3.14. The molecule has 1 amide bonds. The first-order chi connectivity index (χ1) is 18.6. The Kier molecular flexibility index (Phi) is 10.2. The number of ketones is 1. The Morgan fingerprint density at radius 1 is 1.08 bits per heavy atom. The molecule has 0 aliphatic heterocycles. The summed E-state index contributed by atoms with van der Waals surface area (Å²) in [5.74, 6) is 1.25. The number of hydrogen-bond donors (Lipinski definition) is 1. The van der Waals surface area contributed by atoms with Gasteiger partial charge in [0, 0.05) is 49.9 Å². The molecule has 206 valence electrons. The third-order valence-corrected chi connectivity index (χ3v) is 5.91. The number of rotatable bonds is 13. The van der Waals surface area contributed by atoms with Gasteiger partial charge in [0.25, 0.3) is 0 Å². The maximum atomic E-state index is 13.1. The molecule has 3 aromatic rings. The normalized spacial score (nSPS) is 10.9. The van der Waals surface area contributed by atoms with Gasteiger partial charge in [-0.15, -0.1) is 0 Å². The van der Waals surface area contributed by atoms with Gasteiger partial charge in [-0.2, -0.15) is 0 Å². The van der Waals surface area contributed by atoms with Gasteiger partial charge >= 0.3 is 0 Å². The number of hydrogen-bond acceptors (Lipinski definition) is 8. The number of ether oxygens (including phenoxy) is 2. The zero-order valence-electron chi connectivity index (χ0n) is 23.5. The van der Waals surface area contributed by atoms with E-state index in [2.05, 4.69) is 31.7 Å². The maximum Gasteiger partial charge on any atom is 0.247 e. The summed E-state index contributed by atoms with van der Waals surface area (Å²) < 4.78 is 11.4. The number of benzene rings is 2. The highest BCUT2D eigenvalue weighted by molar-refractivity contribution is 6.07. The third kappa shape index (κ3) is 8.12. The average Bonchev–Trinajstić information content (AvgIpc) is 2.91. The monoisotopic (exact) mass is 531 g/mol. The smallest absolute Gasteiger partial charge is 0.247 e. The van der Waals surface area contributed by atoms with Gasteiger partial charge in [0.2, 0.25) is 11.7 Å². The lowest BCUT2D eigenvalue weighted by Crippen LogP contribution is -2.29. The van der Waals surface area contributed by atoms with E-state index in [1.54, 1.807) is 43.6 Å². The van der Waals surface area contributed by atoms with Crippen molar-refractivity contribution in [3.05, 3.63) is 84.0 Å². The van der Waals surface area contributed by atoms with Crippen molar-refractivity contribution in [3.63, 3.8) is 0 Å². The van der Waals surface area contributed by atoms with E-state index in [1.807, 2.05) is 47.1 Å². The number of anilines is 2. The molecule has 0 bridgehead atoms. The highest BCUT2D eigenvalue weighted by atomic mass is 16.5. The number of nitrogens with one attached hydrogen (secondary N) is 1. The molecule has 0 saturated carbocycles. The molecule has 0 atom stereocenters. The molecular formula is C30H37N5O4. The summed E-state index contributed by atoms with van der Waals surface area (Å²) in [6.45, 7) is 9.03. The van der Waals surface area contributed by atoms with Crippen LogP contribution >= 0.6 is 0 Å². The number of aromatic nitrogens is 2. The summed E-state index contributed by atoms with van der Waals surface area (Å²) >= 11 is 0. The molecule has 1 N–H and O–H groups in total. The summed E-state index contributed by atoms with van der Waals surface area (Å²) in [4.78, 5) is 38.4. The van der Waals surface area contributed by atoms with Crippen LogP contribution in [-0.2, 0) is 11.2 Å². The molecule has 2 aromatic carbocycles. The Morgan fingerprint density at radius 2 is 1.79 bits per heavy atom. The van der Waals surface area contributed by atoms with Gasteiger partial charge in [-0.25, -0.2) is 9.97 Å². The second-order valence-electron chi connectivity index (χ2n) is 9.65. The van der Waals surface area contributed by atoms with E-state index in [0.717, 1.165) is 24.3 Å². The Hall–Kier alpha value is -4.24. The topological polar surface area (TPSA) is 96.9 Å². The third-order valence-electron chi connectivity index (χ3n) is 5.91. The van der Waals surface area contributed by atoms with Crippen LogP contribution in [0.25, 0.3) is 0 Å². The molecule has 0 unspecified atom stereocenters. The van der Waals surface area contributed by atoms with E-state index in [0.29, 0.717) is 35.0 Å². The first-order valence-corrected chi connectivity index (χ1v) is 12.7. The molecule has 3 rings (SSSR count). The van der Waals surface area contributed by atoms with Crippen molar-refractivity contribution in [1.82, 2.24) is 14.9 Å². The second-order valence-corrected chi connectivity index (χ2v) is 9.65. The van der Waals surface area contributed by atoms with E-state index < -0.39 is 0 Å². The Bertz CT molecular complexity index is 1310. The minimum atomic E-state index is -0.318. The molecule has 9 heteroatoms. The van der Waals surface area contributed by atoms with Crippen LogP contribution < -0.4 is 19.7 Å². The van der Waals surface area contributed by atoms with Crippen molar-refractivity contribution >= 4 is 23.1 Å². The van der Waals surface area contributed by atoms with Crippen LogP contribution in [0, 0.1) is 0 Å². The van der Waals surface area contributed by atoms with Crippen LogP contribution in [0.5, 0.6) is 11.5 Å². The van der Waals surface area contributed by atoms with Gasteiger partial charge in [-0.1, -0.05) is 6.58 Å². The van der Waals surface area contributed by atoms with E-state index in [4.69, 9.17) is 9.47 Å². The van der Waals surface area contributed by atoms with Crippen LogP contribution in [0.4, 0.5) is 11.4 Å². The molecule has 1 heterocycles. The van der Waals surface area contributed by atoms with E-state index in [1.165, 1.54) is 6.08 Å². The minimum absolute atomic E-state index is 0.0473. The number of carbonyl (C=O) groups excluding carboxylic acids is 2. The number of methoxy groups -OCH3 is 1. The fraction of sp³-hybridized carbons (Fsp3) is 0.333. The highest BCUT2D eigenvalue weighted by Crippen LogP contribution is 2.34. The van der Waals surface area contributed by atoms with Gasteiger partial charge in [0.1, 0.15) is 23.0 Å². The summed E-state index contributed by atoms with van der Waals surface area (Å²) in [5, 5.41) is 2.90. The van der Waals surface area contributed by atoms with Gasteiger partial charge in [0.15, 0.2) is 0 Å². The molecule has 0 spiro atoms. The van der Waals surface area contributed by atoms with Crippen LogP contribution in [-0.4, -0.2) is 74.0 Å². The van der Waals surface area contributed by atoms with Gasteiger partial charge in [-0.05, 0) is 70.4 Å². The largest absolute Gasteiger partial charge is 0.496 e. The van der Waals surface area contributed by atoms with Crippen LogP contribution in [0.1, 0.15) is 41.3 Å². The zero-order valence-corrected chi connectivity index (χ0v) is 23.5. The van der Waals surface area contributed by atoms with Gasteiger partial charge in [0.05, 0.1) is 24.6 Å². The lowest BCUT2D eigenvalue weighted by atomic mass is 10.1. The Morgan fingerprint density at radius 3 is 2.41 bits per heavy atom. The number of amides is 1. The molecule has 0 aliphatic carbocycles. The zero-order chi connectivity index (χ0) is 28.5. The molecule has 0 fully saturated rings. The Labute approximate surface area is 230 Å². The van der Waals surface area contributed by atoms with Crippen LogP contribution in [0.3, 0.4) is 0 Å². The predicted octanol–water partition coefficient (Wildman–Crippen LogP) is 4.22. The fourth-order valence-corrected chi connectivity index (χ4v) is 3.90. The van der Waals surface area contributed by atoms with Crippen molar-refractivity contribution in [1.29, 1.82) is 0 Å². The fourth-order valence-electron chi connectivity index (χ4n) is 3.90. The first kappa shape index (κ1) is 29.3. The Balaban J connectivity index is 1.90. The van der Waals surface area contributed by atoms with Gasteiger partial charge in [-0.3, -0.25) is 9.59 Å².